The van der Waals surface area contributed by atoms with Crippen molar-refractivity contribution < 1.29 is 10.0 Å². The second kappa shape index (κ2) is 4.85. The van der Waals surface area contributed by atoms with E-state index >= 15 is 0 Å². The van der Waals surface area contributed by atoms with Crippen molar-refractivity contribution in [1.29, 1.82) is 0 Å². The molecule has 2 nitrogen and oxygen atoms in total. The van der Waals surface area contributed by atoms with Gasteiger partial charge >= 0.3 is 7.12 Å². The fraction of sp³-hybridized carbons (Fsp3) is 0.385. The van der Waals surface area contributed by atoms with Crippen LogP contribution in [0.3, 0.4) is 0 Å². The van der Waals surface area contributed by atoms with Crippen LogP contribution in [0.15, 0.2) is 30.3 Å². The number of rotatable bonds is 2. The molecule has 1 aliphatic carbocycles. The van der Waals surface area contributed by atoms with Crippen molar-refractivity contribution in [1.82, 2.24) is 0 Å². The molecule has 84 valence electrons. The zero-order chi connectivity index (χ0) is 11.5. The lowest BCUT2D eigenvalue weighted by atomic mass is 9.79. The third-order valence-electron chi connectivity index (χ3n) is 3.25. The van der Waals surface area contributed by atoms with E-state index in [0.29, 0.717) is 5.46 Å². The van der Waals surface area contributed by atoms with Crippen LogP contribution in [0.25, 0.3) is 5.57 Å². The Morgan fingerprint density at radius 2 is 1.88 bits per heavy atom. The van der Waals surface area contributed by atoms with Gasteiger partial charge < -0.3 is 10.0 Å². The highest BCUT2D eigenvalue weighted by molar-refractivity contribution is 6.58. The summed E-state index contributed by atoms with van der Waals surface area (Å²) in [7, 11) is -1.37. The first-order valence-corrected chi connectivity index (χ1v) is 5.82. The van der Waals surface area contributed by atoms with Crippen molar-refractivity contribution in [2.45, 2.75) is 26.2 Å². The Kier molecular flexibility index (Phi) is 3.47. The lowest BCUT2D eigenvalue weighted by Gasteiger charge is -2.18. The fourth-order valence-corrected chi connectivity index (χ4v) is 2.10. The molecule has 1 atom stereocenters. The topological polar surface area (TPSA) is 40.5 Å². The van der Waals surface area contributed by atoms with Gasteiger partial charge in [-0.3, -0.25) is 0 Å². The van der Waals surface area contributed by atoms with E-state index in [1.54, 1.807) is 12.1 Å². The summed E-state index contributed by atoms with van der Waals surface area (Å²) in [5.74, 6) is 0.794. The molecular weight excluding hydrogens is 199 g/mol. The van der Waals surface area contributed by atoms with Crippen molar-refractivity contribution in [3.05, 3.63) is 35.9 Å². The van der Waals surface area contributed by atoms with Gasteiger partial charge in [0.15, 0.2) is 0 Å². The van der Waals surface area contributed by atoms with Crippen LogP contribution in [0.1, 0.15) is 31.7 Å². The molecule has 0 fully saturated rings. The average molecular weight is 216 g/mol. The van der Waals surface area contributed by atoms with Crippen molar-refractivity contribution in [2.24, 2.45) is 5.92 Å². The van der Waals surface area contributed by atoms with Crippen LogP contribution in [0.4, 0.5) is 0 Å². The van der Waals surface area contributed by atoms with Gasteiger partial charge in [0.25, 0.3) is 0 Å². The zero-order valence-corrected chi connectivity index (χ0v) is 9.56. The SMILES string of the molecule is CC1CC=C(c2ccc(B(O)O)cc2)CC1. The first kappa shape index (κ1) is 11.4. The lowest BCUT2D eigenvalue weighted by Crippen LogP contribution is -2.29. The molecule has 16 heavy (non-hydrogen) atoms. The molecule has 1 aromatic carbocycles. The van der Waals surface area contributed by atoms with Crippen LogP contribution < -0.4 is 5.46 Å². The summed E-state index contributed by atoms with van der Waals surface area (Å²) in [6.45, 7) is 2.28. The van der Waals surface area contributed by atoms with Crippen molar-refractivity contribution >= 4 is 18.2 Å². The van der Waals surface area contributed by atoms with Gasteiger partial charge in [0, 0.05) is 0 Å². The molecule has 0 heterocycles. The third kappa shape index (κ3) is 2.54. The summed E-state index contributed by atoms with van der Waals surface area (Å²) in [4.78, 5) is 0. The van der Waals surface area contributed by atoms with E-state index in [2.05, 4.69) is 13.0 Å². The van der Waals surface area contributed by atoms with Crippen LogP contribution in [-0.2, 0) is 0 Å². The normalized spacial score (nSPS) is 20.4. The van der Waals surface area contributed by atoms with Crippen LogP contribution >= 0.6 is 0 Å². The Bertz CT molecular complexity index is 381. The monoisotopic (exact) mass is 216 g/mol. The highest BCUT2D eigenvalue weighted by atomic mass is 16.4. The van der Waals surface area contributed by atoms with Gasteiger partial charge in [-0.05, 0) is 41.8 Å². The van der Waals surface area contributed by atoms with Crippen LogP contribution in [-0.4, -0.2) is 17.2 Å². The molecule has 0 amide bonds. The quantitative estimate of drug-likeness (QED) is 0.736. The maximum Gasteiger partial charge on any atom is 0.488 e. The van der Waals surface area contributed by atoms with E-state index in [1.165, 1.54) is 17.6 Å². The molecule has 1 unspecified atom stereocenters. The molecule has 0 radical (unpaired) electrons. The Hall–Kier alpha value is -1.06. The van der Waals surface area contributed by atoms with E-state index < -0.39 is 7.12 Å². The summed E-state index contributed by atoms with van der Waals surface area (Å²) in [6.07, 6.45) is 5.83. The Balaban J connectivity index is 2.16. The highest BCUT2D eigenvalue weighted by Gasteiger charge is 2.13. The smallest absolute Gasteiger partial charge is 0.423 e. The minimum atomic E-state index is -1.37. The number of hydrogen-bond donors (Lipinski definition) is 2. The molecule has 2 rings (SSSR count). The number of benzene rings is 1. The second-order valence-electron chi connectivity index (χ2n) is 4.60. The van der Waals surface area contributed by atoms with E-state index in [1.807, 2.05) is 12.1 Å². The van der Waals surface area contributed by atoms with Gasteiger partial charge in [0.1, 0.15) is 0 Å². The lowest BCUT2D eigenvalue weighted by molar-refractivity contribution is 0.426. The highest BCUT2D eigenvalue weighted by Crippen LogP contribution is 2.29. The summed E-state index contributed by atoms with van der Waals surface area (Å²) in [6, 6.07) is 7.49. The van der Waals surface area contributed by atoms with Gasteiger partial charge in [-0.2, -0.15) is 0 Å². The molecule has 3 heteroatoms. The van der Waals surface area contributed by atoms with Gasteiger partial charge in [-0.1, -0.05) is 37.3 Å². The van der Waals surface area contributed by atoms with Crippen LogP contribution in [0.2, 0.25) is 0 Å². The minimum Gasteiger partial charge on any atom is -0.423 e. The van der Waals surface area contributed by atoms with Crippen molar-refractivity contribution in [3.8, 4) is 0 Å². The molecule has 0 saturated heterocycles. The standard InChI is InChI=1S/C13H17BO2/c1-10-2-4-11(5-3-10)12-6-8-13(9-7-12)14(15)16/h4,6-10,15-16H,2-3,5H2,1H3. The van der Waals surface area contributed by atoms with E-state index in [0.717, 1.165) is 18.8 Å². The van der Waals surface area contributed by atoms with Gasteiger partial charge in [0.05, 0.1) is 0 Å². The van der Waals surface area contributed by atoms with Crippen molar-refractivity contribution in [2.75, 3.05) is 0 Å². The summed E-state index contributed by atoms with van der Waals surface area (Å²) < 4.78 is 0. The van der Waals surface area contributed by atoms with E-state index in [4.69, 9.17) is 10.0 Å². The second-order valence-corrected chi connectivity index (χ2v) is 4.60. The molecule has 1 aliphatic rings. The Labute approximate surface area is 96.8 Å². The predicted molar refractivity (Wildman–Crippen MR) is 67.3 cm³/mol. The van der Waals surface area contributed by atoms with Gasteiger partial charge in [-0.25, -0.2) is 0 Å². The Morgan fingerprint density at radius 1 is 1.19 bits per heavy atom. The molecule has 0 bridgehead atoms. The van der Waals surface area contributed by atoms with Gasteiger partial charge in [0.2, 0.25) is 0 Å². The molecule has 1 aromatic rings. The minimum absolute atomic E-state index is 0.550. The molecule has 0 aromatic heterocycles. The summed E-state index contributed by atoms with van der Waals surface area (Å²) in [5.41, 5.74) is 3.14. The average Bonchev–Trinajstić information content (AvgIpc) is 2.30. The maximum absolute atomic E-state index is 9.00. The first-order chi connectivity index (χ1) is 7.66. The summed E-state index contributed by atoms with van der Waals surface area (Å²) in [5, 5.41) is 18.0. The summed E-state index contributed by atoms with van der Waals surface area (Å²) >= 11 is 0. The molecule has 0 spiro atoms. The van der Waals surface area contributed by atoms with Crippen LogP contribution in [0, 0.1) is 5.92 Å². The predicted octanol–water partition coefficient (Wildman–Crippen LogP) is 1.57. The Morgan fingerprint density at radius 3 is 2.38 bits per heavy atom. The first-order valence-electron chi connectivity index (χ1n) is 5.82. The molecule has 0 aliphatic heterocycles. The van der Waals surface area contributed by atoms with E-state index in [-0.39, 0.29) is 0 Å². The fourth-order valence-electron chi connectivity index (χ4n) is 2.10. The zero-order valence-electron chi connectivity index (χ0n) is 9.56. The molecular formula is C13H17BO2. The third-order valence-corrected chi connectivity index (χ3v) is 3.25. The number of hydrogen-bond acceptors (Lipinski definition) is 2. The van der Waals surface area contributed by atoms with E-state index in [9.17, 15) is 0 Å². The van der Waals surface area contributed by atoms with Crippen molar-refractivity contribution in [3.63, 3.8) is 0 Å². The maximum atomic E-state index is 9.00. The molecule has 2 N–H and O–H groups in total. The van der Waals surface area contributed by atoms with Gasteiger partial charge in [-0.15, -0.1) is 0 Å². The largest absolute Gasteiger partial charge is 0.488 e. The number of allylic oxidation sites excluding steroid dienone is 2. The van der Waals surface area contributed by atoms with Crippen LogP contribution in [0.5, 0.6) is 0 Å². The molecule has 0 saturated carbocycles.